The molecule has 2 saturated heterocycles. The Kier molecular flexibility index (Phi) is 2.65. The van der Waals surface area contributed by atoms with Gasteiger partial charge in [0.15, 0.2) is 17.2 Å². The summed E-state index contributed by atoms with van der Waals surface area (Å²) in [4.78, 5) is 13.4. The number of ketones is 1. The van der Waals surface area contributed by atoms with Crippen LogP contribution < -0.4 is 0 Å². The molecule has 5 N–H and O–H groups in total. The Hall–Kier alpha value is -0.830. The van der Waals surface area contributed by atoms with Crippen LogP contribution in [0.4, 0.5) is 0 Å². The zero-order chi connectivity index (χ0) is 20.3. The fourth-order valence-corrected chi connectivity index (χ4v) is 8.03. The van der Waals surface area contributed by atoms with Crippen molar-refractivity contribution in [1.82, 2.24) is 0 Å². The van der Waals surface area contributed by atoms with E-state index in [0.717, 1.165) is 0 Å². The molecule has 2 heterocycles. The summed E-state index contributed by atoms with van der Waals surface area (Å²) in [5, 5.41) is 59.3. The first kappa shape index (κ1) is 18.2. The van der Waals surface area contributed by atoms with Crippen LogP contribution in [0.2, 0.25) is 0 Å². The molecule has 0 aromatic rings. The minimum atomic E-state index is -2.35. The predicted octanol–water partition coefficient (Wildman–Crippen LogP) is -0.223. The summed E-state index contributed by atoms with van der Waals surface area (Å²) >= 11 is 0. The van der Waals surface area contributed by atoms with Gasteiger partial charge in [-0.25, -0.2) is 0 Å². The highest BCUT2D eigenvalue weighted by atomic mass is 16.7. The molecular formula is C20H28O7. The minimum absolute atomic E-state index is 0.0119. The Labute approximate surface area is 157 Å². The highest BCUT2D eigenvalue weighted by Crippen LogP contribution is 2.89. The van der Waals surface area contributed by atoms with Crippen LogP contribution in [-0.4, -0.2) is 65.1 Å². The summed E-state index contributed by atoms with van der Waals surface area (Å²) in [5.41, 5.74) is -13.1. The monoisotopic (exact) mass is 380 g/mol. The molecule has 0 aromatic heterocycles. The summed E-state index contributed by atoms with van der Waals surface area (Å²) in [6.07, 6.45) is 1.15. The van der Waals surface area contributed by atoms with Gasteiger partial charge in [0.25, 0.3) is 0 Å². The molecule has 6 aliphatic rings. The molecule has 150 valence electrons. The minimum Gasteiger partial charge on any atom is -0.389 e. The number of carbonyl (C=O) groups excluding carboxylic acids is 1. The average molecular weight is 380 g/mol. The van der Waals surface area contributed by atoms with Gasteiger partial charge in [0.2, 0.25) is 0 Å². The zero-order valence-electron chi connectivity index (χ0n) is 16.3. The van der Waals surface area contributed by atoms with E-state index in [-0.39, 0.29) is 19.3 Å². The van der Waals surface area contributed by atoms with Gasteiger partial charge in [-0.1, -0.05) is 26.8 Å². The Morgan fingerprint density at radius 3 is 2.19 bits per heavy atom. The number of ether oxygens (including phenoxy) is 1. The van der Waals surface area contributed by atoms with Gasteiger partial charge < -0.3 is 30.3 Å². The van der Waals surface area contributed by atoms with E-state index in [1.807, 2.05) is 0 Å². The molecule has 0 unspecified atom stereocenters. The predicted molar refractivity (Wildman–Crippen MR) is 92.2 cm³/mol. The van der Waals surface area contributed by atoms with Crippen LogP contribution in [0.15, 0.2) is 11.6 Å². The smallest absolute Gasteiger partial charge is 0.196 e. The summed E-state index contributed by atoms with van der Waals surface area (Å²) in [6, 6.07) is 0. The number of Topliss-reactive ketones (excluding diaryl/α,β-unsaturated/α-hetero) is 1. The lowest BCUT2D eigenvalue weighted by molar-refractivity contribution is -0.366. The number of carbonyl (C=O) groups is 1. The molecule has 4 aliphatic carbocycles. The van der Waals surface area contributed by atoms with E-state index in [9.17, 15) is 30.3 Å². The lowest BCUT2D eigenvalue weighted by Gasteiger charge is -2.59. The molecule has 2 aliphatic heterocycles. The normalized spacial score (nSPS) is 65.9. The Balaban J connectivity index is 1.97. The van der Waals surface area contributed by atoms with Crippen molar-refractivity contribution < 1.29 is 35.1 Å². The van der Waals surface area contributed by atoms with E-state index in [2.05, 4.69) is 0 Å². The van der Waals surface area contributed by atoms with Crippen molar-refractivity contribution in [3.05, 3.63) is 11.6 Å². The zero-order valence-corrected chi connectivity index (χ0v) is 16.3. The largest absolute Gasteiger partial charge is 0.389 e. The molecular weight excluding hydrogens is 352 g/mol. The summed E-state index contributed by atoms with van der Waals surface area (Å²) in [7, 11) is 0. The third-order valence-electron chi connectivity index (χ3n) is 9.66. The highest BCUT2D eigenvalue weighted by molar-refractivity contribution is 6.07. The van der Waals surface area contributed by atoms with Gasteiger partial charge in [-0.05, 0) is 31.8 Å². The van der Waals surface area contributed by atoms with Gasteiger partial charge >= 0.3 is 0 Å². The maximum Gasteiger partial charge on any atom is 0.196 e. The lowest BCUT2D eigenvalue weighted by Crippen LogP contribution is -2.73. The number of rotatable bonds is 1. The fourth-order valence-electron chi connectivity index (χ4n) is 8.03. The van der Waals surface area contributed by atoms with Crippen molar-refractivity contribution in [2.45, 2.75) is 87.7 Å². The fraction of sp³-hybridized carbons (Fsp3) is 0.850. The van der Waals surface area contributed by atoms with Crippen LogP contribution in [-0.2, 0) is 9.53 Å². The first-order valence-corrected chi connectivity index (χ1v) is 9.64. The van der Waals surface area contributed by atoms with Crippen molar-refractivity contribution in [1.29, 1.82) is 0 Å². The van der Waals surface area contributed by atoms with E-state index in [4.69, 9.17) is 4.74 Å². The second kappa shape index (κ2) is 3.93. The number of hydrogen-bond donors (Lipinski definition) is 5. The van der Waals surface area contributed by atoms with Crippen LogP contribution in [0.25, 0.3) is 0 Å². The molecule has 6 bridgehead atoms. The maximum absolute atomic E-state index is 13.4. The van der Waals surface area contributed by atoms with Crippen molar-refractivity contribution in [2.24, 2.45) is 16.7 Å². The van der Waals surface area contributed by atoms with E-state index < -0.39 is 56.3 Å². The SMILES string of the molecule is CC1=CC[C@]2(O)[C@]3(C)C[C@@]4(O)O[C@@]2(C1=O)[C@]1(O)[C@@]3(O)C[C@](O)(C(C)C)[C@]14C. The van der Waals surface area contributed by atoms with Crippen LogP contribution in [0.5, 0.6) is 0 Å². The first-order valence-electron chi connectivity index (χ1n) is 9.64. The third-order valence-corrected chi connectivity index (χ3v) is 9.66. The van der Waals surface area contributed by atoms with Gasteiger partial charge in [0, 0.05) is 18.3 Å². The third kappa shape index (κ3) is 1.09. The molecule has 0 amide bonds. The molecule has 7 nitrogen and oxygen atoms in total. The Bertz CT molecular complexity index is 853. The van der Waals surface area contributed by atoms with Crippen LogP contribution in [0.3, 0.4) is 0 Å². The maximum atomic E-state index is 13.4. The summed E-state index contributed by atoms with van der Waals surface area (Å²) < 4.78 is 5.98. The average Bonchev–Trinajstić information content (AvgIpc) is 2.82. The number of aliphatic hydroxyl groups is 5. The van der Waals surface area contributed by atoms with Gasteiger partial charge in [0.1, 0.15) is 16.8 Å². The Morgan fingerprint density at radius 1 is 1.04 bits per heavy atom. The van der Waals surface area contributed by atoms with Gasteiger partial charge in [0.05, 0.1) is 11.0 Å². The molecule has 1 spiro atoms. The Morgan fingerprint density at radius 2 is 1.63 bits per heavy atom. The van der Waals surface area contributed by atoms with Gasteiger partial charge in [-0.2, -0.15) is 0 Å². The van der Waals surface area contributed by atoms with Crippen LogP contribution in [0.1, 0.15) is 53.9 Å². The second-order valence-corrected chi connectivity index (χ2v) is 10.3. The van der Waals surface area contributed by atoms with Gasteiger partial charge in [-0.15, -0.1) is 0 Å². The topological polar surface area (TPSA) is 127 Å². The molecule has 0 radical (unpaired) electrons. The van der Waals surface area contributed by atoms with E-state index in [0.29, 0.717) is 5.57 Å². The van der Waals surface area contributed by atoms with Crippen molar-refractivity contribution >= 4 is 5.78 Å². The highest BCUT2D eigenvalue weighted by Gasteiger charge is 3.07. The quantitative estimate of drug-likeness (QED) is 0.425. The lowest BCUT2D eigenvalue weighted by atomic mass is 9.52. The van der Waals surface area contributed by atoms with Crippen molar-refractivity contribution in [3.63, 3.8) is 0 Å². The van der Waals surface area contributed by atoms with E-state index >= 15 is 0 Å². The van der Waals surface area contributed by atoms with Crippen molar-refractivity contribution in [3.8, 4) is 0 Å². The van der Waals surface area contributed by atoms with Crippen LogP contribution in [0, 0.1) is 16.7 Å². The molecule has 3 saturated carbocycles. The summed E-state index contributed by atoms with van der Waals surface area (Å²) in [6.45, 7) is 8.12. The first-order chi connectivity index (χ1) is 12.1. The molecule has 0 aromatic carbocycles. The standard InChI is InChI=1S/C20H28O7/c1-10(2)15(22)9-17(24)13(4)8-18(25)14(15,5)20(17,26)19(27-18)12(21)11(3)6-7-16(13,19)23/h6,10,22-26H,7-9H2,1-5H3/t13-,14-,15-,16-,17+,18+,19+,20+/m0/s1. The molecule has 5 fully saturated rings. The molecule has 7 heteroatoms. The second-order valence-electron chi connectivity index (χ2n) is 10.3. The van der Waals surface area contributed by atoms with Crippen molar-refractivity contribution in [2.75, 3.05) is 0 Å². The van der Waals surface area contributed by atoms with E-state index in [1.165, 1.54) is 6.92 Å². The molecule has 8 atom stereocenters. The van der Waals surface area contributed by atoms with Gasteiger partial charge in [-0.3, -0.25) is 4.79 Å². The molecule has 6 rings (SSSR count). The number of hydrogen-bond acceptors (Lipinski definition) is 7. The van der Waals surface area contributed by atoms with E-state index in [1.54, 1.807) is 33.8 Å². The van der Waals surface area contributed by atoms with Crippen LogP contribution >= 0.6 is 0 Å². The molecule has 27 heavy (non-hydrogen) atoms. The summed E-state index contributed by atoms with van der Waals surface area (Å²) in [5.74, 6) is -3.16.